The number of thioether (sulfide) groups is 1. The van der Waals surface area contributed by atoms with E-state index in [9.17, 15) is 14.4 Å². The number of hydrogen-bond donors (Lipinski definition) is 1. The van der Waals surface area contributed by atoms with E-state index < -0.39 is 12.1 Å². The van der Waals surface area contributed by atoms with Crippen molar-refractivity contribution in [1.29, 1.82) is 0 Å². The fraction of sp³-hybridized carbons (Fsp3) is 0.320. The highest BCUT2D eigenvalue weighted by molar-refractivity contribution is 7.99. The fourth-order valence-corrected chi connectivity index (χ4v) is 5.06. The second kappa shape index (κ2) is 10.3. The van der Waals surface area contributed by atoms with Gasteiger partial charge in [0.05, 0.1) is 23.9 Å². The number of para-hydroxylation sites is 2. The van der Waals surface area contributed by atoms with Gasteiger partial charge in [0.1, 0.15) is 0 Å². The smallest absolute Gasteiger partial charge is 0.325 e. The Morgan fingerprint density at radius 3 is 2.63 bits per heavy atom. The number of anilines is 1. The van der Waals surface area contributed by atoms with Gasteiger partial charge >= 0.3 is 17.2 Å². The Balaban J connectivity index is 2.03. The van der Waals surface area contributed by atoms with Crippen molar-refractivity contribution in [2.45, 2.75) is 44.9 Å². The molecule has 0 unspecified atom stereocenters. The number of amides is 1. The number of nitrogens with one attached hydrogen (secondary N) is 1. The number of hydrogen-bond acceptors (Lipinski definition) is 7. The first-order valence-electron chi connectivity index (χ1n) is 11.3. The lowest BCUT2D eigenvalue weighted by Gasteiger charge is -2.32. The molecule has 0 saturated carbocycles. The Kier molecular flexibility index (Phi) is 7.20. The first-order chi connectivity index (χ1) is 16.9. The van der Waals surface area contributed by atoms with Gasteiger partial charge in [-0.25, -0.2) is 4.90 Å². The summed E-state index contributed by atoms with van der Waals surface area (Å²) in [5.41, 5.74) is 1.57. The number of rotatable bonds is 7. The second-order valence-electron chi connectivity index (χ2n) is 8.01. The van der Waals surface area contributed by atoms with Gasteiger partial charge in [-0.15, -0.1) is 0 Å². The summed E-state index contributed by atoms with van der Waals surface area (Å²) in [6.45, 7) is 4.84. The van der Waals surface area contributed by atoms with E-state index >= 15 is 0 Å². The van der Waals surface area contributed by atoms with Gasteiger partial charge in [-0.2, -0.15) is 0 Å². The molecular formula is C25H27N4O5S+. The summed E-state index contributed by atoms with van der Waals surface area (Å²) >= 11 is 1.44. The number of benzene rings is 2. The molecule has 1 aliphatic heterocycles. The van der Waals surface area contributed by atoms with E-state index in [0.717, 1.165) is 18.6 Å². The maximum absolute atomic E-state index is 13.4. The molecule has 4 rings (SSSR count). The summed E-state index contributed by atoms with van der Waals surface area (Å²) in [5.74, 6) is 0.470. The van der Waals surface area contributed by atoms with Gasteiger partial charge in [0.25, 0.3) is 6.17 Å². The highest BCUT2D eigenvalue weighted by Gasteiger charge is 2.46. The first-order valence-corrected chi connectivity index (χ1v) is 12.3. The molecule has 35 heavy (non-hydrogen) atoms. The van der Waals surface area contributed by atoms with Crippen molar-refractivity contribution in [2.75, 3.05) is 17.8 Å². The molecule has 2 heterocycles. The summed E-state index contributed by atoms with van der Waals surface area (Å²) in [6.07, 6.45) is 1.09. The molecule has 0 radical (unpaired) electrons. The molecule has 182 valence electrons. The Hall–Kier alpha value is -3.66. The number of ether oxygens (including phenoxy) is 2. The minimum atomic E-state index is -0.894. The van der Waals surface area contributed by atoms with Crippen molar-refractivity contribution < 1.29 is 23.7 Å². The van der Waals surface area contributed by atoms with Gasteiger partial charge in [0.2, 0.25) is 11.1 Å². The quantitative estimate of drug-likeness (QED) is 0.176. The third kappa shape index (κ3) is 4.66. The number of aromatic amines is 1. The molecule has 3 aromatic rings. The molecule has 2 aromatic carbocycles. The monoisotopic (exact) mass is 495 g/mol. The highest BCUT2D eigenvalue weighted by Crippen LogP contribution is 2.42. The van der Waals surface area contributed by atoms with Gasteiger partial charge in [-0.1, -0.05) is 43.3 Å². The van der Waals surface area contributed by atoms with Crippen LogP contribution >= 0.6 is 11.8 Å². The van der Waals surface area contributed by atoms with Crippen LogP contribution in [0.1, 0.15) is 45.3 Å². The Bertz CT molecular complexity index is 1340. The lowest BCUT2D eigenvalue weighted by atomic mass is 10.0. The van der Waals surface area contributed by atoms with Crippen molar-refractivity contribution in [3.05, 3.63) is 58.4 Å². The molecule has 1 atom stereocenters. The van der Waals surface area contributed by atoms with Crippen LogP contribution in [0.25, 0.3) is 11.3 Å². The van der Waals surface area contributed by atoms with Crippen LogP contribution in [0.5, 0.6) is 11.5 Å². The van der Waals surface area contributed by atoms with Crippen molar-refractivity contribution in [3.8, 4) is 22.8 Å². The summed E-state index contributed by atoms with van der Waals surface area (Å²) in [5, 5.41) is 5.20. The van der Waals surface area contributed by atoms with Crippen LogP contribution in [0.2, 0.25) is 0 Å². The van der Waals surface area contributed by atoms with Crippen LogP contribution in [0.15, 0.2) is 52.4 Å². The molecule has 1 aromatic heterocycles. The number of carbonyl (C=O) groups excluding carboxylic acids is 2. The van der Waals surface area contributed by atoms with E-state index in [1.54, 1.807) is 52.0 Å². The van der Waals surface area contributed by atoms with Crippen LogP contribution < -0.4 is 24.6 Å². The van der Waals surface area contributed by atoms with Crippen molar-refractivity contribution in [2.24, 2.45) is 0 Å². The third-order valence-corrected chi connectivity index (χ3v) is 6.54. The second-order valence-corrected chi connectivity index (χ2v) is 9.09. The fourth-order valence-electron chi connectivity index (χ4n) is 4.12. The predicted molar refractivity (Wildman–Crippen MR) is 132 cm³/mol. The summed E-state index contributed by atoms with van der Waals surface area (Å²) < 4.78 is 12.6. The number of unbranched alkanes of at least 4 members (excludes halogenated alkanes) is 1. The van der Waals surface area contributed by atoms with Gasteiger partial charge in [0, 0.05) is 24.7 Å². The number of esters is 1. The topological polar surface area (TPSA) is 105 Å². The maximum Gasteiger partial charge on any atom is 0.325 e. The predicted octanol–water partition coefficient (Wildman–Crippen LogP) is 3.46. The van der Waals surface area contributed by atoms with E-state index in [1.807, 2.05) is 0 Å². The molecule has 0 saturated heterocycles. The van der Waals surface area contributed by atoms with Crippen LogP contribution in [-0.2, 0) is 9.59 Å². The zero-order valence-corrected chi connectivity index (χ0v) is 20.8. The largest absolute Gasteiger partial charge is 0.493 e. The van der Waals surface area contributed by atoms with Crippen molar-refractivity contribution in [1.82, 2.24) is 10.1 Å². The van der Waals surface area contributed by atoms with Gasteiger partial charge in [0.15, 0.2) is 11.5 Å². The number of aromatic nitrogens is 3. The normalized spacial score (nSPS) is 14.2. The molecule has 0 bridgehead atoms. The molecule has 1 N–H and O–H groups in total. The standard InChI is InChI=1S/C25H26N4O5S/c1-5-6-14-35-25-26-23(32)21-17-10-7-8-12-19(17)28(15(2)30)24(29(21)27-25)18-11-9-13-20(33-4)22(18)34-16(3)31/h7-13,24H,5-6,14H2,1-4H3/p+1/t24-/m1/s1. The van der Waals surface area contributed by atoms with E-state index in [4.69, 9.17) is 14.6 Å². The summed E-state index contributed by atoms with van der Waals surface area (Å²) in [7, 11) is 1.47. The zero-order chi connectivity index (χ0) is 25.1. The average molecular weight is 496 g/mol. The Labute approximate surface area is 207 Å². The Morgan fingerprint density at radius 2 is 1.94 bits per heavy atom. The number of fused-ring (bicyclic) bond motifs is 3. The minimum absolute atomic E-state index is 0.166. The van der Waals surface area contributed by atoms with E-state index in [-0.39, 0.29) is 17.2 Å². The molecule has 1 aliphatic rings. The lowest BCUT2D eigenvalue weighted by molar-refractivity contribution is -0.763. The highest BCUT2D eigenvalue weighted by atomic mass is 32.2. The van der Waals surface area contributed by atoms with Crippen LogP contribution in [0, 0.1) is 0 Å². The van der Waals surface area contributed by atoms with Crippen LogP contribution in [-0.4, -0.2) is 34.8 Å². The first kappa shape index (κ1) is 24.5. The molecule has 10 heteroatoms. The van der Waals surface area contributed by atoms with E-state index in [2.05, 4.69) is 11.9 Å². The Morgan fingerprint density at radius 1 is 1.17 bits per heavy atom. The minimum Gasteiger partial charge on any atom is -0.493 e. The zero-order valence-electron chi connectivity index (χ0n) is 20.0. The van der Waals surface area contributed by atoms with Crippen LogP contribution in [0.3, 0.4) is 0 Å². The number of H-pyrrole nitrogens is 1. The van der Waals surface area contributed by atoms with E-state index in [1.165, 1.54) is 32.7 Å². The van der Waals surface area contributed by atoms with Crippen molar-refractivity contribution in [3.63, 3.8) is 0 Å². The summed E-state index contributed by atoms with van der Waals surface area (Å²) in [6, 6.07) is 12.3. The summed E-state index contributed by atoms with van der Waals surface area (Å²) in [4.78, 5) is 42.9. The third-order valence-electron chi connectivity index (χ3n) is 5.59. The molecular weight excluding hydrogens is 468 g/mol. The van der Waals surface area contributed by atoms with Crippen molar-refractivity contribution >= 4 is 29.3 Å². The number of methoxy groups -OCH3 is 1. The average Bonchev–Trinajstić information content (AvgIpc) is 2.83. The molecule has 0 fully saturated rings. The number of nitrogens with zero attached hydrogens (tertiary/aromatic N) is 3. The number of carbonyl (C=O) groups is 2. The lowest BCUT2D eigenvalue weighted by Crippen LogP contribution is -2.60. The van der Waals surface area contributed by atoms with Gasteiger partial charge in [-0.05, 0) is 35.4 Å². The van der Waals surface area contributed by atoms with E-state index in [0.29, 0.717) is 33.4 Å². The van der Waals surface area contributed by atoms with Gasteiger partial charge in [-0.3, -0.25) is 19.4 Å². The molecule has 9 nitrogen and oxygen atoms in total. The molecule has 1 amide bonds. The maximum atomic E-state index is 13.4. The molecule has 0 spiro atoms. The SMILES string of the molecule is CCCCSc1n[n+]2c(c(=O)[nH]1)-c1ccccc1N(C(C)=O)[C@H]2c1cccc(OC)c1OC(C)=O. The van der Waals surface area contributed by atoms with Crippen LogP contribution in [0.4, 0.5) is 5.69 Å². The van der Waals surface area contributed by atoms with Gasteiger partial charge < -0.3 is 9.47 Å². The molecule has 0 aliphatic carbocycles.